The van der Waals surface area contributed by atoms with Crippen LogP contribution in [0.3, 0.4) is 0 Å². The number of nitrogens with one attached hydrogen (secondary N) is 1. The van der Waals surface area contributed by atoms with Crippen LogP contribution in [0.2, 0.25) is 0 Å². The zero-order chi connectivity index (χ0) is 18.2. The summed E-state index contributed by atoms with van der Waals surface area (Å²) in [6.07, 6.45) is 1.33. The lowest BCUT2D eigenvalue weighted by atomic mass is 10.1. The molecule has 1 aromatic heterocycles. The summed E-state index contributed by atoms with van der Waals surface area (Å²) in [7, 11) is 0. The highest BCUT2D eigenvalue weighted by atomic mass is 16.5. The van der Waals surface area contributed by atoms with Crippen LogP contribution >= 0.6 is 0 Å². The molecule has 1 atom stereocenters. The molecule has 0 fully saturated rings. The van der Waals surface area contributed by atoms with Crippen molar-refractivity contribution in [3.8, 4) is 11.8 Å². The van der Waals surface area contributed by atoms with E-state index in [1.54, 1.807) is 24.3 Å². The first kappa shape index (κ1) is 17.1. The van der Waals surface area contributed by atoms with E-state index in [2.05, 4.69) is 26.9 Å². The summed E-state index contributed by atoms with van der Waals surface area (Å²) in [5.74, 6) is 0.336. The van der Waals surface area contributed by atoms with Crippen molar-refractivity contribution in [3.05, 3.63) is 72.1 Å². The van der Waals surface area contributed by atoms with Gasteiger partial charge in [0, 0.05) is 0 Å². The van der Waals surface area contributed by atoms with Gasteiger partial charge in [-0.3, -0.25) is 4.79 Å². The second kappa shape index (κ2) is 8.39. The van der Waals surface area contributed by atoms with Crippen LogP contribution < -0.4 is 10.1 Å². The maximum atomic E-state index is 12.0. The Balaban J connectivity index is 1.57. The lowest BCUT2D eigenvalue weighted by Gasteiger charge is -2.13. The smallest absolute Gasteiger partial charge is 0.243 e. The predicted molar refractivity (Wildman–Crippen MR) is 91.5 cm³/mol. The van der Waals surface area contributed by atoms with Gasteiger partial charge in [-0.25, -0.2) is 4.68 Å². The second-order valence-corrected chi connectivity index (χ2v) is 5.48. The van der Waals surface area contributed by atoms with E-state index in [4.69, 9.17) is 4.74 Å². The molecule has 3 rings (SSSR count). The van der Waals surface area contributed by atoms with E-state index >= 15 is 0 Å². The normalized spacial score (nSPS) is 11.3. The Bertz CT molecular complexity index is 872. The van der Waals surface area contributed by atoms with Gasteiger partial charge in [0.05, 0.1) is 6.07 Å². The van der Waals surface area contributed by atoms with Gasteiger partial charge in [-0.05, 0) is 33.7 Å². The summed E-state index contributed by atoms with van der Waals surface area (Å²) >= 11 is 0. The summed E-state index contributed by atoms with van der Waals surface area (Å²) in [4.78, 5) is 12.0. The van der Waals surface area contributed by atoms with Crippen molar-refractivity contribution in [3.63, 3.8) is 0 Å². The van der Waals surface area contributed by atoms with Crippen molar-refractivity contribution < 1.29 is 9.53 Å². The molecule has 130 valence electrons. The van der Waals surface area contributed by atoms with Gasteiger partial charge < -0.3 is 10.1 Å². The van der Waals surface area contributed by atoms with Crippen LogP contribution in [-0.2, 0) is 17.9 Å². The third-order valence-corrected chi connectivity index (χ3v) is 3.59. The van der Waals surface area contributed by atoms with E-state index in [1.807, 2.05) is 30.3 Å². The van der Waals surface area contributed by atoms with Crippen LogP contribution in [0.5, 0.6) is 5.75 Å². The standard InChI is InChI=1S/C18H16N6O2/c19-10-17(21-18(25)11-24-13-20-22-23-24)15-6-8-16(9-7-15)26-12-14-4-2-1-3-5-14/h1-9,13,17H,11-12H2,(H,21,25). The van der Waals surface area contributed by atoms with Gasteiger partial charge in [0.15, 0.2) is 0 Å². The first-order chi connectivity index (χ1) is 12.7. The molecule has 0 saturated carbocycles. The number of benzene rings is 2. The zero-order valence-corrected chi connectivity index (χ0v) is 13.8. The second-order valence-electron chi connectivity index (χ2n) is 5.48. The van der Waals surface area contributed by atoms with E-state index in [1.165, 1.54) is 11.0 Å². The van der Waals surface area contributed by atoms with Crippen molar-refractivity contribution >= 4 is 5.91 Å². The molecule has 3 aromatic rings. The first-order valence-corrected chi connectivity index (χ1v) is 7.91. The molecule has 8 heteroatoms. The van der Waals surface area contributed by atoms with Crippen molar-refractivity contribution in [1.82, 2.24) is 25.5 Å². The van der Waals surface area contributed by atoms with Gasteiger partial charge >= 0.3 is 0 Å². The molecule has 2 aromatic carbocycles. The molecule has 0 spiro atoms. The average Bonchev–Trinajstić information content (AvgIpc) is 3.19. The molecule has 0 aliphatic carbocycles. The highest BCUT2D eigenvalue weighted by Gasteiger charge is 2.14. The fourth-order valence-electron chi connectivity index (χ4n) is 2.29. The summed E-state index contributed by atoms with van der Waals surface area (Å²) in [6, 6.07) is 18.2. The Morgan fingerprint density at radius 2 is 1.96 bits per heavy atom. The number of rotatable bonds is 7. The molecule has 8 nitrogen and oxygen atoms in total. The van der Waals surface area contributed by atoms with Crippen LogP contribution in [0.25, 0.3) is 0 Å². The highest BCUT2D eigenvalue weighted by Crippen LogP contribution is 2.18. The van der Waals surface area contributed by atoms with E-state index in [9.17, 15) is 10.1 Å². The van der Waals surface area contributed by atoms with Crippen LogP contribution in [0.1, 0.15) is 17.2 Å². The number of nitriles is 1. The van der Waals surface area contributed by atoms with Gasteiger partial charge in [-0.1, -0.05) is 42.5 Å². The number of amides is 1. The average molecular weight is 348 g/mol. The Morgan fingerprint density at radius 3 is 2.62 bits per heavy atom. The number of nitrogens with zero attached hydrogens (tertiary/aromatic N) is 5. The fourth-order valence-corrected chi connectivity index (χ4v) is 2.29. The molecular formula is C18H16N6O2. The third-order valence-electron chi connectivity index (χ3n) is 3.59. The summed E-state index contributed by atoms with van der Waals surface area (Å²) < 4.78 is 7.00. The molecule has 1 amide bonds. The predicted octanol–water partition coefficient (Wildman–Crippen LogP) is 1.63. The minimum Gasteiger partial charge on any atom is -0.489 e. The molecule has 1 heterocycles. The fraction of sp³-hybridized carbons (Fsp3) is 0.167. The molecule has 0 saturated heterocycles. The van der Waals surface area contributed by atoms with Crippen molar-refractivity contribution in [2.24, 2.45) is 0 Å². The quantitative estimate of drug-likeness (QED) is 0.696. The zero-order valence-electron chi connectivity index (χ0n) is 13.8. The lowest BCUT2D eigenvalue weighted by molar-refractivity contribution is -0.122. The van der Waals surface area contributed by atoms with Crippen molar-refractivity contribution in [2.75, 3.05) is 0 Å². The van der Waals surface area contributed by atoms with E-state index < -0.39 is 6.04 Å². The minimum absolute atomic E-state index is 0.0521. The Morgan fingerprint density at radius 1 is 1.19 bits per heavy atom. The molecule has 1 N–H and O–H groups in total. The highest BCUT2D eigenvalue weighted by molar-refractivity contribution is 5.76. The molecule has 0 aliphatic rings. The number of ether oxygens (including phenoxy) is 1. The van der Waals surface area contributed by atoms with Gasteiger partial charge in [0.1, 0.15) is 31.3 Å². The van der Waals surface area contributed by atoms with Gasteiger partial charge in [0.25, 0.3) is 0 Å². The van der Waals surface area contributed by atoms with Gasteiger partial charge in [-0.2, -0.15) is 5.26 Å². The van der Waals surface area contributed by atoms with Crippen LogP contribution in [-0.4, -0.2) is 26.1 Å². The number of carbonyl (C=O) groups is 1. The minimum atomic E-state index is -0.762. The number of carbonyl (C=O) groups excluding carboxylic acids is 1. The molecule has 26 heavy (non-hydrogen) atoms. The summed E-state index contributed by atoms with van der Waals surface area (Å²) in [5.41, 5.74) is 1.74. The van der Waals surface area contributed by atoms with Crippen LogP contribution in [0.15, 0.2) is 60.9 Å². The third kappa shape index (κ3) is 4.64. The molecule has 0 radical (unpaired) electrons. The maximum absolute atomic E-state index is 12.0. The summed E-state index contributed by atoms with van der Waals surface area (Å²) in [6.45, 7) is 0.411. The number of hydrogen-bond donors (Lipinski definition) is 1. The molecule has 0 aliphatic heterocycles. The Hall–Kier alpha value is -3.73. The van der Waals surface area contributed by atoms with Gasteiger partial charge in [-0.15, -0.1) is 5.10 Å². The SMILES string of the molecule is N#CC(NC(=O)Cn1cnnn1)c1ccc(OCc2ccccc2)cc1. The van der Waals surface area contributed by atoms with Crippen molar-refractivity contribution in [2.45, 2.75) is 19.2 Å². The lowest BCUT2D eigenvalue weighted by Crippen LogP contribution is -2.31. The number of tetrazole rings is 1. The molecule has 0 bridgehead atoms. The first-order valence-electron chi connectivity index (χ1n) is 7.91. The molecule has 1 unspecified atom stereocenters. The summed E-state index contributed by atoms with van der Waals surface area (Å²) in [5, 5.41) is 22.5. The van der Waals surface area contributed by atoms with Crippen LogP contribution in [0.4, 0.5) is 0 Å². The largest absolute Gasteiger partial charge is 0.489 e. The van der Waals surface area contributed by atoms with E-state index in [0.29, 0.717) is 17.9 Å². The Labute approximate surface area is 150 Å². The monoisotopic (exact) mass is 348 g/mol. The van der Waals surface area contributed by atoms with Gasteiger partial charge in [0.2, 0.25) is 5.91 Å². The Kier molecular flexibility index (Phi) is 5.52. The van der Waals surface area contributed by atoms with Crippen LogP contribution in [0, 0.1) is 11.3 Å². The van der Waals surface area contributed by atoms with E-state index in [-0.39, 0.29) is 12.5 Å². The topological polar surface area (TPSA) is 106 Å². The number of aromatic nitrogens is 4. The molecular weight excluding hydrogens is 332 g/mol. The maximum Gasteiger partial charge on any atom is 0.243 e. The van der Waals surface area contributed by atoms with Crippen molar-refractivity contribution in [1.29, 1.82) is 5.26 Å². The number of hydrogen-bond acceptors (Lipinski definition) is 6. The van der Waals surface area contributed by atoms with E-state index in [0.717, 1.165) is 5.56 Å².